The Balaban J connectivity index is 1.89. The van der Waals surface area contributed by atoms with Crippen molar-refractivity contribution in [1.29, 1.82) is 0 Å². The van der Waals surface area contributed by atoms with Crippen LogP contribution in [0.25, 0.3) is 17.0 Å². The number of nitrogens with zero attached hydrogens (tertiary/aromatic N) is 1. The molecule has 1 heterocycles. The monoisotopic (exact) mass is 397 g/mol. The molecule has 0 amide bonds. The molecule has 0 fully saturated rings. The third-order valence-corrected chi connectivity index (χ3v) is 6.13. The van der Waals surface area contributed by atoms with E-state index >= 15 is 0 Å². The van der Waals surface area contributed by atoms with Crippen molar-refractivity contribution in [1.82, 2.24) is 3.97 Å². The van der Waals surface area contributed by atoms with E-state index in [0.717, 1.165) is 16.5 Å². The maximum absolute atomic E-state index is 13.0. The van der Waals surface area contributed by atoms with Gasteiger partial charge in [0.1, 0.15) is 0 Å². The Labute approximate surface area is 165 Å². The SMILES string of the molecule is CCOC(=O)CC/C=C/c1cccc2c1ccn2S(=O)(=O)c1ccc(C)cc1. The van der Waals surface area contributed by atoms with Crippen LogP contribution in [0, 0.1) is 6.92 Å². The number of carbonyl (C=O) groups excluding carboxylic acids is 1. The van der Waals surface area contributed by atoms with Crippen LogP contribution in [0.5, 0.6) is 0 Å². The molecule has 2 aromatic carbocycles. The van der Waals surface area contributed by atoms with Crippen LogP contribution in [0.15, 0.2) is 65.7 Å². The van der Waals surface area contributed by atoms with Crippen molar-refractivity contribution in [3.63, 3.8) is 0 Å². The van der Waals surface area contributed by atoms with Crippen molar-refractivity contribution < 1.29 is 17.9 Å². The predicted molar refractivity (Wildman–Crippen MR) is 111 cm³/mol. The van der Waals surface area contributed by atoms with Gasteiger partial charge in [0, 0.05) is 18.0 Å². The summed E-state index contributed by atoms with van der Waals surface area (Å²) in [5, 5.41) is 0.838. The molecule has 0 aliphatic rings. The molecule has 146 valence electrons. The fourth-order valence-electron chi connectivity index (χ4n) is 2.99. The molecule has 0 bridgehead atoms. The van der Waals surface area contributed by atoms with Gasteiger partial charge in [-0.05, 0) is 50.1 Å². The first-order valence-electron chi connectivity index (χ1n) is 9.18. The van der Waals surface area contributed by atoms with E-state index in [1.165, 1.54) is 3.97 Å². The first kappa shape index (κ1) is 19.9. The molecule has 0 atom stereocenters. The highest BCUT2D eigenvalue weighted by atomic mass is 32.2. The van der Waals surface area contributed by atoms with E-state index in [1.807, 2.05) is 31.2 Å². The van der Waals surface area contributed by atoms with Crippen molar-refractivity contribution in [3.05, 3.63) is 71.9 Å². The van der Waals surface area contributed by atoms with Crippen LogP contribution in [-0.2, 0) is 19.6 Å². The van der Waals surface area contributed by atoms with Gasteiger partial charge < -0.3 is 4.74 Å². The van der Waals surface area contributed by atoms with Crippen LogP contribution >= 0.6 is 0 Å². The molecule has 0 saturated heterocycles. The molecule has 5 nitrogen and oxygen atoms in total. The Bertz CT molecular complexity index is 1110. The summed E-state index contributed by atoms with van der Waals surface area (Å²) in [7, 11) is -3.67. The summed E-state index contributed by atoms with van der Waals surface area (Å²) in [5.74, 6) is -0.222. The van der Waals surface area contributed by atoms with E-state index in [1.54, 1.807) is 49.5 Å². The fraction of sp³-hybridized carbons (Fsp3) is 0.227. The second-order valence-electron chi connectivity index (χ2n) is 6.46. The lowest BCUT2D eigenvalue weighted by Crippen LogP contribution is -2.11. The Morgan fingerprint density at radius 1 is 1.11 bits per heavy atom. The molecule has 28 heavy (non-hydrogen) atoms. The van der Waals surface area contributed by atoms with Crippen LogP contribution in [0.2, 0.25) is 0 Å². The average molecular weight is 397 g/mol. The van der Waals surface area contributed by atoms with Crippen LogP contribution in [0.3, 0.4) is 0 Å². The molecule has 6 heteroatoms. The number of fused-ring (bicyclic) bond motifs is 1. The molecule has 3 aromatic rings. The van der Waals surface area contributed by atoms with E-state index in [0.29, 0.717) is 25.0 Å². The zero-order chi connectivity index (χ0) is 20.1. The third-order valence-electron chi connectivity index (χ3n) is 4.43. The first-order valence-corrected chi connectivity index (χ1v) is 10.6. The second-order valence-corrected chi connectivity index (χ2v) is 8.27. The van der Waals surface area contributed by atoms with Gasteiger partial charge in [-0.15, -0.1) is 0 Å². The summed E-state index contributed by atoms with van der Waals surface area (Å²) < 4.78 is 32.3. The topological polar surface area (TPSA) is 65.4 Å². The second kappa shape index (κ2) is 8.44. The zero-order valence-electron chi connectivity index (χ0n) is 16.0. The fourth-order valence-corrected chi connectivity index (χ4v) is 4.34. The summed E-state index contributed by atoms with van der Waals surface area (Å²) in [6.45, 7) is 4.08. The Morgan fingerprint density at radius 3 is 2.57 bits per heavy atom. The number of aryl methyl sites for hydroxylation is 1. The standard InChI is InChI=1S/C22H23NO4S/c1-3-27-22(24)10-5-4-7-18-8-6-9-21-20(18)15-16-23(21)28(25,26)19-13-11-17(2)12-14-19/h4,6-9,11-16H,3,5,10H2,1-2H3/b7-4+. The molecule has 0 N–H and O–H groups in total. The lowest BCUT2D eigenvalue weighted by atomic mass is 10.1. The van der Waals surface area contributed by atoms with E-state index < -0.39 is 10.0 Å². The van der Waals surface area contributed by atoms with Gasteiger partial charge in [-0.1, -0.05) is 42.0 Å². The number of esters is 1. The van der Waals surface area contributed by atoms with E-state index in [4.69, 9.17) is 4.74 Å². The van der Waals surface area contributed by atoms with Gasteiger partial charge in [0.15, 0.2) is 0 Å². The highest BCUT2D eigenvalue weighted by Gasteiger charge is 2.19. The highest BCUT2D eigenvalue weighted by Crippen LogP contribution is 2.26. The van der Waals surface area contributed by atoms with Gasteiger partial charge in [0.25, 0.3) is 10.0 Å². The van der Waals surface area contributed by atoms with Gasteiger partial charge >= 0.3 is 5.97 Å². The normalized spacial score (nSPS) is 11.9. The summed E-state index contributed by atoms with van der Waals surface area (Å²) >= 11 is 0. The molecule has 3 rings (SSSR count). The van der Waals surface area contributed by atoms with Crippen molar-refractivity contribution >= 4 is 33.0 Å². The van der Waals surface area contributed by atoms with Crippen LogP contribution < -0.4 is 0 Å². The first-order chi connectivity index (χ1) is 13.4. The minimum absolute atomic E-state index is 0.222. The lowest BCUT2D eigenvalue weighted by molar-refractivity contribution is -0.142. The summed E-state index contributed by atoms with van der Waals surface area (Å²) in [6, 6.07) is 14.2. The molecule has 0 spiro atoms. The maximum Gasteiger partial charge on any atom is 0.306 e. The number of hydrogen-bond donors (Lipinski definition) is 0. The number of aromatic nitrogens is 1. The minimum Gasteiger partial charge on any atom is -0.466 e. The number of rotatable bonds is 7. The predicted octanol–water partition coefficient (Wildman–Crippen LogP) is 4.54. The minimum atomic E-state index is -3.67. The summed E-state index contributed by atoms with van der Waals surface area (Å²) in [5.41, 5.74) is 2.53. The number of benzene rings is 2. The smallest absolute Gasteiger partial charge is 0.306 e. The Kier molecular flexibility index (Phi) is 5.99. The van der Waals surface area contributed by atoms with Gasteiger partial charge in [-0.3, -0.25) is 4.79 Å². The summed E-state index contributed by atoms with van der Waals surface area (Å²) in [4.78, 5) is 11.7. The average Bonchev–Trinajstić information content (AvgIpc) is 3.11. The van der Waals surface area contributed by atoms with Gasteiger partial charge in [0.2, 0.25) is 0 Å². The van der Waals surface area contributed by atoms with Gasteiger partial charge in [0.05, 0.1) is 17.0 Å². The molecule has 0 unspecified atom stereocenters. The van der Waals surface area contributed by atoms with Crippen LogP contribution in [0.4, 0.5) is 0 Å². The van der Waals surface area contributed by atoms with Crippen molar-refractivity contribution in [3.8, 4) is 0 Å². The van der Waals surface area contributed by atoms with Crippen molar-refractivity contribution in [2.45, 2.75) is 31.6 Å². The third kappa shape index (κ3) is 4.17. The van der Waals surface area contributed by atoms with Crippen molar-refractivity contribution in [2.75, 3.05) is 6.61 Å². The van der Waals surface area contributed by atoms with E-state index in [-0.39, 0.29) is 10.9 Å². The van der Waals surface area contributed by atoms with Crippen LogP contribution in [-0.4, -0.2) is 25.0 Å². The molecular formula is C22H23NO4S. The zero-order valence-corrected chi connectivity index (χ0v) is 16.8. The number of ether oxygens (including phenoxy) is 1. The lowest BCUT2D eigenvalue weighted by Gasteiger charge is -2.08. The molecule has 0 aliphatic carbocycles. The maximum atomic E-state index is 13.0. The number of carbonyl (C=O) groups is 1. The molecule has 0 radical (unpaired) electrons. The summed E-state index contributed by atoms with van der Waals surface area (Å²) in [6.07, 6.45) is 6.28. The largest absolute Gasteiger partial charge is 0.466 e. The molecule has 0 aliphatic heterocycles. The molecule has 0 saturated carbocycles. The molecular weight excluding hydrogens is 374 g/mol. The van der Waals surface area contributed by atoms with Crippen LogP contribution in [0.1, 0.15) is 30.9 Å². The van der Waals surface area contributed by atoms with E-state index in [2.05, 4.69) is 0 Å². The molecule has 1 aromatic heterocycles. The highest BCUT2D eigenvalue weighted by molar-refractivity contribution is 7.90. The van der Waals surface area contributed by atoms with Gasteiger partial charge in [-0.25, -0.2) is 12.4 Å². The Morgan fingerprint density at radius 2 is 1.86 bits per heavy atom. The van der Waals surface area contributed by atoms with Crippen molar-refractivity contribution in [2.24, 2.45) is 0 Å². The Hall–Kier alpha value is -2.86. The quantitative estimate of drug-likeness (QED) is 0.549. The number of allylic oxidation sites excluding steroid dienone is 1. The van der Waals surface area contributed by atoms with Gasteiger partial charge in [-0.2, -0.15) is 0 Å². The number of hydrogen-bond acceptors (Lipinski definition) is 4. The van der Waals surface area contributed by atoms with E-state index in [9.17, 15) is 13.2 Å².